The van der Waals surface area contributed by atoms with Crippen molar-refractivity contribution in [2.45, 2.75) is 25.7 Å². The monoisotopic (exact) mass is 356 g/mol. The van der Waals surface area contributed by atoms with Gasteiger partial charge in [-0.05, 0) is 36.3 Å². The molecule has 0 saturated carbocycles. The Kier molecular flexibility index (Phi) is 5.00. The Labute approximate surface area is 154 Å². The number of amides is 1. The summed E-state index contributed by atoms with van der Waals surface area (Å²) in [6.45, 7) is 4.01. The van der Waals surface area contributed by atoms with Crippen LogP contribution in [0.2, 0.25) is 0 Å². The summed E-state index contributed by atoms with van der Waals surface area (Å²) in [5.74, 6) is 0.688. The number of hydrogen-bond acceptors (Lipinski definition) is 3. The van der Waals surface area contributed by atoms with E-state index in [4.69, 9.17) is 9.47 Å². The van der Waals surface area contributed by atoms with E-state index in [1.165, 1.54) is 10.9 Å². The largest absolute Gasteiger partial charge is 0.384 e. The number of para-hydroxylation sites is 1. The van der Waals surface area contributed by atoms with Crippen LogP contribution in [0.25, 0.3) is 10.9 Å². The van der Waals surface area contributed by atoms with Crippen LogP contribution in [0.15, 0.2) is 30.5 Å². The number of benzene rings is 1. The summed E-state index contributed by atoms with van der Waals surface area (Å²) < 4.78 is 11.0. The molecule has 0 aliphatic carbocycles. The van der Waals surface area contributed by atoms with Crippen molar-refractivity contribution in [2.75, 3.05) is 40.0 Å². The highest BCUT2D eigenvalue weighted by Gasteiger charge is 2.48. The molecule has 1 aromatic heterocycles. The first-order valence-corrected chi connectivity index (χ1v) is 9.61. The van der Waals surface area contributed by atoms with Gasteiger partial charge in [-0.1, -0.05) is 18.2 Å². The van der Waals surface area contributed by atoms with Crippen LogP contribution in [0, 0.1) is 11.3 Å². The molecular weight excluding hydrogens is 328 g/mol. The summed E-state index contributed by atoms with van der Waals surface area (Å²) in [6.07, 6.45) is 5.45. The summed E-state index contributed by atoms with van der Waals surface area (Å²) in [4.78, 5) is 18.3. The zero-order chi connectivity index (χ0) is 18.0. The molecule has 2 aliphatic heterocycles. The lowest BCUT2D eigenvalue weighted by Crippen LogP contribution is -2.39. The number of aromatic nitrogens is 1. The lowest BCUT2D eigenvalue weighted by Gasteiger charge is -2.37. The first-order chi connectivity index (χ1) is 12.7. The Morgan fingerprint density at radius 3 is 2.96 bits per heavy atom. The number of ether oxygens (including phenoxy) is 2. The quantitative estimate of drug-likeness (QED) is 0.896. The van der Waals surface area contributed by atoms with E-state index in [0.717, 1.165) is 57.7 Å². The van der Waals surface area contributed by atoms with E-state index in [-0.39, 0.29) is 11.3 Å². The molecule has 0 unspecified atom stereocenters. The number of rotatable bonds is 5. The predicted molar refractivity (Wildman–Crippen MR) is 101 cm³/mol. The number of likely N-dealkylation sites (tertiary alicyclic amines) is 1. The van der Waals surface area contributed by atoms with Crippen LogP contribution in [0.5, 0.6) is 0 Å². The SMILES string of the molecule is COC[C@@H]1CN(C(=O)CCc2c[nH]c3ccccc23)CC12CCOCC2. The number of methoxy groups -OCH3 is 1. The Morgan fingerprint density at radius 1 is 1.35 bits per heavy atom. The van der Waals surface area contributed by atoms with Crippen molar-refractivity contribution >= 4 is 16.8 Å². The molecule has 26 heavy (non-hydrogen) atoms. The minimum Gasteiger partial charge on any atom is -0.384 e. The highest BCUT2D eigenvalue weighted by Crippen LogP contribution is 2.44. The van der Waals surface area contributed by atoms with Crippen molar-refractivity contribution in [3.63, 3.8) is 0 Å². The van der Waals surface area contributed by atoms with Gasteiger partial charge < -0.3 is 19.4 Å². The summed E-state index contributed by atoms with van der Waals surface area (Å²) in [5, 5.41) is 1.22. The van der Waals surface area contributed by atoms with Crippen molar-refractivity contribution in [2.24, 2.45) is 11.3 Å². The van der Waals surface area contributed by atoms with E-state index in [1.54, 1.807) is 7.11 Å². The second kappa shape index (κ2) is 7.41. The molecular formula is C21H28N2O3. The van der Waals surface area contributed by atoms with Crippen molar-refractivity contribution in [1.82, 2.24) is 9.88 Å². The van der Waals surface area contributed by atoms with Crippen LogP contribution in [0.4, 0.5) is 0 Å². The number of nitrogens with zero attached hydrogens (tertiary/aromatic N) is 1. The number of fused-ring (bicyclic) bond motifs is 1. The van der Waals surface area contributed by atoms with Crippen molar-refractivity contribution in [1.29, 1.82) is 0 Å². The number of aromatic amines is 1. The lowest BCUT2D eigenvalue weighted by molar-refractivity contribution is -0.130. The summed E-state index contributed by atoms with van der Waals surface area (Å²) >= 11 is 0. The Bertz CT molecular complexity index is 763. The molecule has 2 fully saturated rings. The molecule has 3 heterocycles. The van der Waals surface area contributed by atoms with E-state index in [9.17, 15) is 4.79 Å². The van der Waals surface area contributed by atoms with Crippen LogP contribution in [0.1, 0.15) is 24.8 Å². The van der Waals surface area contributed by atoms with Crippen LogP contribution in [-0.4, -0.2) is 55.8 Å². The maximum atomic E-state index is 12.9. The van der Waals surface area contributed by atoms with E-state index >= 15 is 0 Å². The molecule has 4 rings (SSSR count). The van der Waals surface area contributed by atoms with Crippen molar-refractivity contribution in [3.8, 4) is 0 Å². The van der Waals surface area contributed by atoms with Crippen LogP contribution >= 0.6 is 0 Å². The second-order valence-electron chi connectivity index (χ2n) is 7.76. The summed E-state index contributed by atoms with van der Waals surface area (Å²) in [6, 6.07) is 8.27. The van der Waals surface area contributed by atoms with Gasteiger partial charge in [0.05, 0.1) is 6.61 Å². The van der Waals surface area contributed by atoms with Gasteiger partial charge >= 0.3 is 0 Å². The van der Waals surface area contributed by atoms with Crippen LogP contribution < -0.4 is 0 Å². The van der Waals surface area contributed by atoms with Gasteiger partial charge in [-0.15, -0.1) is 0 Å². The van der Waals surface area contributed by atoms with Crippen LogP contribution in [-0.2, 0) is 20.7 Å². The van der Waals surface area contributed by atoms with Crippen LogP contribution in [0.3, 0.4) is 0 Å². The number of carbonyl (C=O) groups is 1. The molecule has 1 aromatic carbocycles. The van der Waals surface area contributed by atoms with Gasteiger partial charge in [0.25, 0.3) is 0 Å². The first kappa shape index (κ1) is 17.6. The fraction of sp³-hybridized carbons (Fsp3) is 0.571. The van der Waals surface area contributed by atoms with Gasteiger partial charge in [0.1, 0.15) is 0 Å². The minimum absolute atomic E-state index is 0.185. The number of hydrogen-bond donors (Lipinski definition) is 1. The van der Waals surface area contributed by atoms with Gasteiger partial charge in [0.15, 0.2) is 0 Å². The topological polar surface area (TPSA) is 54.6 Å². The molecule has 0 radical (unpaired) electrons. The Hall–Kier alpha value is -1.85. The van der Waals surface area contributed by atoms with Gasteiger partial charge in [-0.25, -0.2) is 0 Å². The standard InChI is InChI=1S/C21H28N2O3/c1-25-14-17-13-23(15-21(17)8-10-26-11-9-21)20(24)7-6-16-12-22-19-5-3-2-4-18(16)19/h2-5,12,17,22H,6-11,13-15H2,1H3/t17-/m0/s1. The average Bonchev–Trinajstić information content (AvgIpc) is 3.23. The van der Waals surface area contributed by atoms with Crippen molar-refractivity contribution < 1.29 is 14.3 Å². The molecule has 1 N–H and O–H groups in total. The summed E-state index contributed by atoms with van der Waals surface area (Å²) in [5.41, 5.74) is 2.55. The highest BCUT2D eigenvalue weighted by atomic mass is 16.5. The molecule has 140 valence electrons. The summed E-state index contributed by atoms with van der Waals surface area (Å²) in [7, 11) is 1.76. The molecule has 2 aliphatic rings. The van der Waals surface area contributed by atoms with Gasteiger partial charge in [-0.2, -0.15) is 0 Å². The number of carbonyl (C=O) groups excluding carboxylic acids is 1. The maximum absolute atomic E-state index is 12.9. The molecule has 1 atom stereocenters. The normalized spacial score (nSPS) is 22.3. The lowest BCUT2D eigenvalue weighted by atomic mass is 9.72. The fourth-order valence-corrected chi connectivity index (χ4v) is 4.74. The zero-order valence-electron chi connectivity index (χ0n) is 15.5. The van der Waals surface area contributed by atoms with Gasteiger partial charge in [-0.3, -0.25) is 4.79 Å². The molecule has 2 saturated heterocycles. The van der Waals surface area contributed by atoms with E-state index in [0.29, 0.717) is 12.3 Å². The number of H-pyrrole nitrogens is 1. The molecule has 5 heteroatoms. The maximum Gasteiger partial charge on any atom is 0.222 e. The third-order valence-corrected chi connectivity index (χ3v) is 6.30. The minimum atomic E-state index is 0.185. The van der Waals surface area contributed by atoms with Crippen molar-refractivity contribution in [3.05, 3.63) is 36.0 Å². The fourth-order valence-electron chi connectivity index (χ4n) is 4.74. The Balaban J connectivity index is 1.41. The molecule has 1 spiro atoms. The van der Waals surface area contributed by atoms with E-state index in [1.807, 2.05) is 18.3 Å². The van der Waals surface area contributed by atoms with Gasteiger partial charge in [0.2, 0.25) is 5.91 Å². The first-order valence-electron chi connectivity index (χ1n) is 9.61. The van der Waals surface area contributed by atoms with Gasteiger partial charge in [0, 0.05) is 62.9 Å². The molecule has 2 aromatic rings. The molecule has 5 nitrogen and oxygen atoms in total. The van der Waals surface area contributed by atoms with E-state index in [2.05, 4.69) is 22.0 Å². The smallest absolute Gasteiger partial charge is 0.222 e. The second-order valence-corrected chi connectivity index (χ2v) is 7.76. The predicted octanol–water partition coefficient (Wildman–Crippen LogP) is 3.00. The number of aryl methyl sites for hydroxylation is 1. The highest BCUT2D eigenvalue weighted by molar-refractivity contribution is 5.84. The third-order valence-electron chi connectivity index (χ3n) is 6.30. The average molecular weight is 356 g/mol. The molecule has 0 bridgehead atoms. The number of nitrogens with one attached hydrogen (secondary N) is 1. The Morgan fingerprint density at radius 2 is 2.15 bits per heavy atom. The third kappa shape index (κ3) is 3.26. The zero-order valence-corrected chi connectivity index (χ0v) is 15.5. The molecule has 1 amide bonds. The van der Waals surface area contributed by atoms with E-state index < -0.39 is 0 Å².